The van der Waals surface area contributed by atoms with E-state index in [0.29, 0.717) is 36.3 Å². The Morgan fingerprint density at radius 3 is 2.55 bits per heavy atom. The molecule has 0 aromatic heterocycles. The predicted octanol–water partition coefficient (Wildman–Crippen LogP) is 4.13. The van der Waals surface area contributed by atoms with Crippen LogP contribution in [-0.2, 0) is 22.7 Å². The number of nitro benzene ring substituents is 1. The summed E-state index contributed by atoms with van der Waals surface area (Å²) < 4.78 is 10.8. The van der Waals surface area contributed by atoms with Gasteiger partial charge in [0.25, 0.3) is 5.69 Å². The van der Waals surface area contributed by atoms with E-state index in [4.69, 9.17) is 9.47 Å². The van der Waals surface area contributed by atoms with Crippen LogP contribution < -0.4 is 14.8 Å². The highest BCUT2D eigenvalue weighted by molar-refractivity contribution is 5.99. The number of non-ortho nitro benzene ring substituents is 1. The van der Waals surface area contributed by atoms with Gasteiger partial charge in [-0.15, -0.1) is 0 Å². The standard InChI is InChI=1S/C29H32N4O7/c34-27(30-21-5-1-2-6-21)20-9-10-23-24(14-20)31(15-18-4-3-7-22(12-18)33(37)38)29(36)32(28(23)35)16-19-8-11-25-26(13-19)40-17-39-25/h3-4,7-8,11-13,20-21,23-24H,1-2,5-6,9-10,14-17H2,(H,30,34). The number of rotatable bonds is 7. The lowest BCUT2D eigenvalue weighted by atomic mass is 9.75. The molecule has 1 N–H and O–H groups in total. The van der Waals surface area contributed by atoms with E-state index in [2.05, 4.69) is 5.32 Å². The number of carbonyl (C=O) groups is 3. The number of carbonyl (C=O) groups excluding carboxylic acids is 3. The molecule has 11 nitrogen and oxygen atoms in total. The first-order valence-electron chi connectivity index (χ1n) is 13.9. The summed E-state index contributed by atoms with van der Waals surface area (Å²) in [6.45, 7) is 0.286. The zero-order valence-corrected chi connectivity index (χ0v) is 22.1. The lowest BCUT2D eigenvalue weighted by Gasteiger charge is -2.48. The topological polar surface area (TPSA) is 131 Å². The van der Waals surface area contributed by atoms with Crippen molar-refractivity contribution in [2.24, 2.45) is 11.8 Å². The van der Waals surface area contributed by atoms with Gasteiger partial charge in [-0.25, -0.2) is 4.79 Å². The molecule has 11 heteroatoms. The Morgan fingerprint density at radius 2 is 1.75 bits per heavy atom. The fourth-order valence-electron chi connectivity index (χ4n) is 6.52. The van der Waals surface area contributed by atoms with E-state index < -0.39 is 22.9 Å². The maximum atomic E-state index is 13.9. The van der Waals surface area contributed by atoms with Crippen LogP contribution in [0.1, 0.15) is 56.1 Å². The quantitative estimate of drug-likeness (QED) is 0.407. The predicted molar refractivity (Wildman–Crippen MR) is 142 cm³/mol. The Morgan fingerprint density at radius 1 is 0.975 bits per heavy atom. The number of imide groups is 1. The summed E-state index contributed by atoms with van der Waals surface area (Å²) in [5.74, 6) is 0.161. The Kier molecular flexibility index (Phi) is 7.03. The Balaban J connectivity index is 1.26. The number of fused-ring (bicyclic) bond motifs is 2. The van der Waals surface area contributed by atoms with E-state index in [1.807, 2.05) is 0 Å². The van der Waals surface area contributed by atoms with Crippen LogP contribution in [0.15, 0.2) is 42.5 Å². The number of amides is 4. The number of nitro groups is 1. The molecule has 2 heterocycles. The molecule has 3 atom stereocenters. The van der Waals surface area contributed by atoms with Crippen LogP contribution in [-0.4, -0.2) is 51.4 Å². The SMILES string of the molecule is O=C(NC1CCCC1)C1CCC2C(=O)N(Cc3ccc4c(c3)OCO4)C(=O)N(Cc3cccc([N+](=O)[O-])c3)C2C1. The number of benzene rings is 2. The minimum absolute atomic E-state index is 0.0108. The average Bonchev–Trinajstić information content (AvgIpc) is 3.65. The Bertz CT molecular complexity index is 1340. The first-order chi connectivity index (χ1) is 19.4. The van der Waals surface area contributed by atoms with Gasteiger partial charge in [0.2, 0.25) is 18.6 Å². The summed E-state index contributed by atoms with van der Waals surface area (Å²) in [5, 5.41) is 14.6. The largest absolute Gasteiger partial charge is 0.454 e. The average molecular weight is 549 g/mol. The molecule has 40 heavy (non-hydrogen) atoms. The number of urea groups is 1. The molecule has 2 aliphatic heterocycles. The van der Waals surface area contributed by atoms with E-state index >= 15 is 0 Å². The highest BCUT2D eigenvalue weighted by Gasteiger charge is 2.49. The van der Waals surface area contributed by atoms with Crippen molar-refractivity contribution >= 4 is 23.5 Å². The van der Waals surface area contributed by atoms with Gasteiger partial charge in [0, 0.05) is 36.7 Å². The Hall–Kier alpha value is -4.15. The van der Waals surface area contributed by atoms with E-state index in [0.717, 1.165) is 31.2 Å². The molecule has 2 aliphatic carbocycles. The maximum absolute atomic E-state index is 13.9. The number of ether oxygens (including phenoxy) is 2. The van der Waals surface area contributed by atoms with Crippen molar-refractivity contribution in [3.05, 3.63) is 63.7 Å². The Labute approximate surface area is 231 Å². The molecule has 2 aromatic rings. The number of hydrogen-bond acceptors (Lipinski definition) is 7. The van der Waals surface area contributed by atoms with E-state index in [1.165, 1.54) is 17.0 Å². The molecule has 0 radical (unpaired) electrons. The third-order valence-electron chi connectivity index (χ3n) is 8.60. The molecule has 2 aromatic carbocycles. The summed E-state index contributed by atoms with van der Waals surface area (Å²) in [4.78, 5) is 54.7. The smallest absolute Gasteiger partial charge is 0.327 e. The lowest BCUT2D eigenvalue weighted by molar-refractivity contribution is -0.384. The van der Waals surface area contributed by atoms with Gasteiger partial charge in [0.05, 0.1) is 17.4 Å². The zero-order valence-electron chi connectivity index (χ0n) is 22.1. The molecule has 4 aliphatic rings. The summed E-state index contributed by atoms with van der Waals surface area (Å²) in [6.07, 6.45) is 5.63. The second kappa shape index (κ2) is 10.8. The van der Waals surface area contributed by atoms with Crippen molar-refractivity contribution in [2.45, 2.75) is 70.1 Å². The van der Waals surface area contributed by atoms with Gasteiger partial charge in [-0.05, 0) is 55.4 Å². The third-order valence-corrected chi connectivity index (χ3v) is 8.60. The first-order valence-corrected chi connectivity index (χ1v) is 13.9. The van der Waals surface area contributed by atoms with Gasteiger partial charge in [-0.3, -0.25) is 24.6 Å². The molecule has 4 amide bonds. The maximum Gasteiger partial charge on any atom is 0.327 e. The summed E-state index contributed by atoms with van der Waals surface area (Å²) in [6, 6.07) is 10.8. The number of hydrogen-bond donors (Lipinski definition) is 1. The monoisotopic (exact) mass is 548 g/mol. The van der Waals surface area contributed by atoms with Crippen molar-refractivity contribution in [3.63, 3.8) is 0 Å². The minimum atomic E-state index is -0.472. The molecule has 2 saturated carbocycles. The molecular weight excluding hydrogens is 516 g/mol. The van der Waals surface area contributed by atoms with Crippen molar-refractivity contribution in [2.75, 3.05) is 6.79 Å². The molecule has 0 spiro atoms. The molecule has 1 saturated heterocycles. The third kappa shape index (κ3) is 5.07. The minimum Gasteiger partial charge on any atom is -0.454 e. The van der Waals surface area contributed by atoms with Gasteiger partial charge < -0.3 is 19.7 Å². The molecule has 0 bridgehead atoms. The van der Waals surface area contributed by atoms with Crippen LogP contribution in [0.2, 0.25) is 0 Å². The van der Waals surface area contributed by atoms with Gasteiger partial charge in [0.15, 0.2) is 11.5 Å². The molecule has 3 unspecified atom stereocenters. The molecular formula is C29H32N4O7. The van der Waals surface area contributed by atoms with Gasteiger partial charge in [-0.2, -0.15) is 0 Å². The normalized spacial score (nSPS) is 24.2. The van der Waals surface area contributed by atoms with E-state index in [9.17, 15) is 24.5 Å². The summed E-state index contributed by atoms with van der Waals surface area (Å²) in [7, 11) is 0. The molecule has 6 rings (SSSR count). The van der Waals surface area contributed by atoms with Crippen LogP contribution in [0.25, 0.3) is 0 Å². The van der Waals surface area contributed by atoms with Gasteiger partial charge >= 0.3 is 6.03 Å². The molecule has 3 fully saturated rings. The summed E-state index contributed by atoms with van der Waals surface area (Å²) >= 11 is 0. The van der Waals surface area contributed by atoms with Crippen LogP contribution in [0.5, 0.6) is 11.5 Å². The first kappa shape index (κ1) is 26.1. The van der Waals surface area contributed by atoms with Crippen molar-refractivity contribution < 1.29 is 28.8 Å². The summed E-state index contributed by atoms with van der Waals surface area (Å²) in [5.41, 5.74) is 1.25. The van der Waals surface area contributed by atoms with Crippen molar-refractivity contribution in [3.8, 4) is 11.5 Å². The van der Waals surface area contributed by atoms with Crippen molar-refractivity contribution in [1.29, 1.82) is 0 Å². The van der Waals surface area contributed by atoms with Crippen LogP contribution in [0, 0.1) is 22.0 Å². The van der Waals surface area contributed by atoms with Crippen LogP contribution >= 0.6 is 0 Å². The second-order valence-corrected chi connectivity index (χ2v) is 11.1. The second-order valence-electron chi connectivity index (χ2n) is 11.1. The zero-order chi connectivity index (χ0) is 27.8. The van der Waals surface area contributed by atoms with E-state index in [-0.39, 0.29) is 49.3 Å². The van der Waals surface area contributed by atoms with E-state index in [1.54, 1.807) is 35.2 Å². The van der Waals surface area contributed by atoms with Gasteiger partial charge in [0.1, 0.15) is 0 Å². The van der Waals surface area contributed by atoms with Crippen LogP contribution in [0.3, 0.4) is 0 Å². The highest BCUT2D eigenvalue weighted by atomic mass is 16.7. The number of nitrogens with one attached hydrogen (secondary N) is 1. The lowest BCUT2D eigenvalue weighted by Crippen LogP contribution is -2.63. The van der Waals surface area contributed by atoms with Gasteiger partial charge in [-0.1, -0.05) is 31.0 Å². The van der Waals surface area contributed by atoms with Crippen LogP contribution in [0.4, 0.5) is 10.5 Å². The highest BCUT2D eigenvalue weighted by Crippen LogP contribution is 2.40. The fraction of sp³-hybridized carbons (Fsp3) is 0.483. The molecule has 210 valence electrons. The van der Waals surface area contributed by atoms with Crippen molar-refractivity contribution in [1.82, 2.24) is 15.1 Å². The number of nitrogens with zero attached hydrogens (tertiary/aromatic N) is 3. The fourth-order valence-corrected chi connectivity index (χ4v) is 6.52.